The maximum Gasteiger partial charge on any atom is 0.180 e. The van der Waals surface area contributed by atoms with E-state index >= 15 is 0 Å². The summed E-state index contributed by atoms with van der Waals surface area (Å²) in [4.78, 5) is 16.0. The Labute approximate surface area is 184 Å². The molecule has 32 heavy (non-hydrogen) atoms. The van der Waals surface area contributed by atoms with Gasteiger partial charge in [0.2, 0.25) is 0 Å². The summed E-state index contributed by atoms with van der Waals surface area (Å²) < 4.78 is 21.9. The Bertz CT molecular complexity index is 1250. The molecule has 0 saturated carbocycles. The molecule has 2 unspecified atom stereocenters. The van der Waals surface area contributed by atoms with E-state index in [1.807, 2.05) is 30.6 Å². The normalized spacial score (nSPS) is 20.6. The standard InChI is InChI=1S/C23H22FN7O/c24-20-6-2-1-4-15(20)12-31-23-19(5-3-7-26-23)21(29-31)22-27-8-16(9-28-22)30-13-17-10-25-11-18(14-30)32-17/h1-9,17-18,25H,10-14H2. The molecule has 1 aromatic carbocycles. The van der Waals surface area contributed by atoms with E-state index in [4.69, 9.17) is 9.84 Å². The quantitative estimate of drug-likeness (QED) is 0.531. The zero-order valence-corrected chi connectivity index (χ0v) is 17.4. The highest BCUT2D eigenvalue weighted by molar-refractivity contribution is 5.89. The van der Waals surface area contributed by atoms with Gasteiger partial charge in [0.15, 0.2) is 11.5 Å². The number of ether oxygens (including phenoxy) is 1. The zero-order chi connectivity index (χ0) is 21.5. The average Bonchev–Trinajstić information content (AvgIpc) is 3.19. The fourth-order valence-electron chi connectivity index (χ4n) is 4.45. The van der Waals surface area contributed by atoms with Crippen LogP contribution in [0.2, 0.25) is 0 Å². The Morgan fingerprint density at radius 3 is 2.56 bits per heavy atom. The van der Waals surface area contributed by atoms with Gasteiger partial charge in [-0.2, -0.15) is 5.10 Å². The minimum atomic E-state index is -0.264. The van der Waals surface area contributed by atoms with Gasteiger partial charge in [-0.1, -0.05) is 18.2 Å². The summed E-state index contributed by atoms with van der Waals surface area (Å²) in [5.41, 5.74) is 2.84. The Morgan fingerprint density at radius 2 is 1.78 bits per heavy atom. The SMILES string of the molecule is Fc1ccccc1Cn1nc(-c2ncc(N3CC4CNCC(C3)O4)cn2)c2cccnc21. The molecule has 8 nitrogen and oxygen atoms in total. The van der Waals surface area contributed by atoms with Crippen LogP contribution in [0.15, 0.2) is 55.0 Å². The van der Waals surface area contributed by atoms with E-state index in [2.05, 4.69) is 25.2 Å². The molecule has 0 radical (unpaired) electrons. The topological polar surface area (TPSA) is 81.0 Å². The van der Waals surface area contributed by atoms with Crippen molar-refractivity contribution in [3.8, 4) is 11.5 Å². The lowest BCUT2D eigenvalue weighted by Crippen LogP contribution is -2.58. The van der Waals surface area contributed by atoms with Gasteiger partial charge in [-0.05, 0) is 18.2 Å². The van der Waals surface area contributed by atoms with Crippen LogP contribution in [0.25, 0.3) is 22.6 Å². The van der Waals surface area contributed by atoms with Crippen LogP contribution in [-0.4, -0.2) is 63.1 Å². The molecule has 9 heteroatoms. The monoisotopic (exact) mass is 431 g/mol. The first-order valence-electron chi connectivity index (χ1n) is 10.7. The highest BCUT2D eigenvalue weighted by Crippen LogP contribution is 2.27. The van der Waals surface area contributed by atoms with Gasteiger partial charge in [0.1, 0.15) is 11.5 Å². The Hall–Kier alpha value is -3.43. The van der Waals surface area contributed by atoms with Gasteiger partial charge in [0, 0.05) is 37.9 Å². The predicted molar refractivity (Wildman–Crippen MR) is 118 cm³/mol. The van der Waals surface area contributed by atoms with Crippen molar-refractivity contribution < 1.29 is 9.13 Å². The van der Waals surface area contributed by atoms with Crippen LogP contribution >= 0.6 is 0 Å². The lowest BCUT2D eigenvalue weighted by Gasteiger charge is -2.42. The number of nitrogens with one attached hydrogen (secondary N) is 1. The number of halogens is 1. The van der Waals surface area contributed by atoms with E-state index < -0.39 is 0 Å². The zero-order valence-electron chi connectivity index (χ0n) is 17.4. The Morgan fingerprint density at radius 1 is 1.00 bits per heavy atom. The number of fused-ring (bicyclic) bond motifs is 3. The van der Waals surface area contributed by atoms with Gasteiger partial charge in [-0.3, -0.25) is 0 Å². The first-order valence-corrected chi connectivity index (χ1v) is 10.7. The Balaban J connectivity index is 1.32. The third-order valence-corrected chi connectivity index (χ3v) is 5.98. The summed E-state index contributed by atoms with van der Waals surface area (Å²) in [7, 11) is 0. The van der Waals surface area contributed by atoms with Crippen molar-refractivity contribution in [2.75, 3.05) is 31.1 Å². The molecule has 2 fully saturated rings. The first-order chi connectivity index (χ1) is 15.7. The fourth-order valence-corrected chi connectivity index (χ4v) is 4.45. The van der Waals surface area contributed by atoms with Crippen LogP contribution in [0, 0.1) is 5.82 Å². The van der Waals surface area contributed by atoms with Gasteiger partial charge < -0.3 is 15.0 Å². The fraction of sp³-hybridized carbons (Fsp3) is 0.304. The van der Waals surface area contributed by atoms with E-state index in [1.165, 1.54) is 6.07 Å². The summed E-state index contributed by atoms with van der Waals surface area (Å²) in [6.07, 6.45) is 5.77. The molecule has 0 aliphatic carbocycles. The molecule has 0 spiro atoms. The number of aromatic nitrogens is 5. The van der Waals surface area contributed by atoms with Crippen molar-refractivity contribution in [2.45, 2.75) is 18.8 Å². The molecule has 4 aromatic rings. The first kappa shape index (κ1) is 19.3. The number of nitrogens with zero attached hydrogens (tertiary/aromatic N) is 6. The maximum atomic E-state index is 14.2. The van der Waals surface area contributed by atoms with Gasteiger partial charge in [0.25, 0.3) is 0 Å². The third-order valence-electron chi connectivity index (χ3n) is 5.98. The number of pyridine rings is 1. The number of hydrogen-bond acceptors (Lipinski definition) is 7. The number of anilines is 1. The summed E-state index contributed by atoms with van der Waals surface area (Å²) in [6.45, 7) is 3.64. The molecule has 3 aromatic heterocycles. The lowest BCUT2D eigenvalue weighted by molar-refractivity contribution is -0.0484. The smallest absolute Gasteiger partial charge is 0.180 e. The minimum absolute atomic E-state index is 0.186. The van der Waals surface area contributed by atoms with Gasteiger partial charge >= 0.3 is 0 Å². The van der Waals surface area contributed by atoms with Gasteiger partial charge in [0.05, 0.1) is 42.2 Å². The van der Waals surface area contributed by atoms with Gasteiger partial charge in [-0.25, -0.2) is 24.0 Å². The van der Waals surface area contributed by atoms with Crippen LogP contribution in [0.5, 0.6) is 0 Å². The molecule has 162 valence electrons. The predicted octanol–water partition coefficient (Wildman–Crippen LogP) is 2.25. The van der Waals surface area contributed by atoms with E-state index in [0.717, 1.165) is 37.3 Å². The summed E-state index contributed by atoms with van der Waals surface area (Å²) in [6, 6.07) is 10.5. The molecular formula is C23H22FN7O. The third kappa shape index (κ3) is 3.49. The molecule has 0 amide bonds. The highest BCUT2D eigenvalue weighted by atomic mass is 19.1. The van der Waals surface area contributed by atoms with Crippen molar-refractivity contribution in [3.63, 3.8) is 0 Å². The van der Waals surface area contributed by atoms with Crippen LogP contribution in [-0.2, 0) is 11.3 Å². The van der Waals surface area contributed by atoms with Crippen molar-refractivity contribution in [1.82, 2.24) is 30.0 Å². The van der Waals surface area contributed by atoms with E-state index in [-0.39, 0.29) is 24.6 Å². The number of hydrogen-bond donors (Lipinski definition) is 1. The average molecular weight is 431 g/mol. The van der Waals surface area contributed by atoms with Crippen LogP contribution in [0.1, 0.15) is 5.56 Å². The molecule has 5 heterocycles. The summed E-state index contributed by atoms with van der Waals surface area (Å²) in [5, 5.41) is 8.95. The second-order valence-corrected chi connectivity index (χ2v) is 8.18. The van der Waals surface area contributed by atoms with E-state index in [1.54, 1.807) is 23.0 Å². The molecule has 6 rings (SSSR count). The molecular weight excluding hydrogens is 409 g/mol. The van der Waals surface area contributed by atoms with E-state index in [0.29, 0.717) is 22.7 Å². The molecule has 2 atom stereocenters. The van der Waals surface area contributed by atoms with Crippen molar-refractivity contribution in [2.24, 2.45) is 0 Å². The van der Waals surface area contributed by atoms with Crippen molar-refractivity contribution in [3.05, 3.63) is 66.4 Å². The van der Waals surface area contributed by atoms with Crippen LogP contribution < -0.4 is 10.2 Å². The second kappa shape index (κ2) is 7.92. The number of rotatable bonds is 4. The number of benzene rings is 1. The maximum absolute atomic E-state index is 14.2. The summed E-state index contributed by atoms with van der Waals surface area (Å²) in [5.74, 6) is 0.258. The van der Waals surface area contributed by atoms with Crippen LogP contribution in [0.4, 0.5) is 10.1 Å². The molecule has 2 bridgehead atoms. The lowest BCUT2D eigenvalue weighted by atomic mass is 10.1. The second-order valence-electron chi connectivity index (χ2n) is 8.18. The summed E-state index contributed by atoms with van der Waals surface area (Å²) >= 11 is 0. The highest BCUT2D eigenvalue weighted by Gasteiger charge is 2.31. The minimum Gasteiger partial charge on any atom is -0.369 e. The van der Waals surface area contributed by atoms with Crippen molar-refractivity contribution in [1.29, 1.82) is 0 Å². The largest absolute Gasteiger partial charge is 0.369 e. The molecule has 2 aliphatic rings. The van der Waals surface area contributed by atoms with Crippen molar-refractivity contribution >= 4 is 16.7 Å². The number of morpholine rings is 2. The molecule has 2 aliphatic heterocycles. The van der Waals surface area contributed by atoms with Crippen LogP contribution in [0.3, 0.4) is 0 Å². The Kier molecular flexibility index (Phi) is 4.77. The molecule has 1 N–H and O–H groups in total. The van der Waals surface area contributed by atoms with Gasteiger partial charge in [-0.15, -0.1) is 0 Å². The van der Waals surface area contributed by atoms with E-state index in [9.17, 15) is 4.39 Å². The molecule has 2 saturated heterocycles.